The van der Waals surface area contributed by atoms with Gasteiger partial charge in [0, 0.05) is 20.1 Å². The molecule has 1 unspecified atom stereocenters. The van der Waals surface area contributed by atoms with Crippen molar-refractivity contribution in [3.63, 3.8) is 0 Å². The van der Waals surface area contributed by atoms with E-state index < -0.39 is 0 Å². The van der Waals surface area contributed by atoms with Crippen molar-refractivity contribution in [2.45, 2.75) is 39.5 Å². The number of hydrogen-bond acceptors (Lipinski definition) is 3. The van der Waals surface area contributed by atoms with Crippen LogP contribution >= 0.6 is 35.3 Å². The third-order valence-electron chi connectivity index (χ3n) is 4.00. The van der Waals surface area contributed by atoms with E-state index in [9.17, 15) is 0 Å². The van der Waals surface area contributed by atoms with Crippen LogP contribution in [-0.2, 0) is 0 Å². The average molecular weight is 452 g/mol. The van der Waals surface area contributed by atoms with E-state index in [2.05, 4.69) is 58.1 Å². The molecule has 1 aromatic heterocycles. The molecule has 4 nitrogen and oxygen atoms in total. The maximum absolute atomic E-state index is 4.29. The molecular weight excluding hydrogens is 419 g/mol. The number of guanidine groups is 1. The number of aliphatic imine (C=N–C) groups is 1. The Balaban J connectivity index is 0.00000484. The first-order valence-corrected chi connectivity index (χ1v) is 9.34. The molecule has 0 saturated carbocycles. The summed E-state index contributed by atoms with van der Waals surface area (Å²) >= 11 is 1.76. The van der Waals surface area contributed by atoms with Gasteiger partial charge in [-0.05, 0) is 60.8 Å². The zero-order valence-corrected chi connectivity index (χ0v) is 18.1. The van der Waals surface area contributed by atoms with E-state index >= 15 is 0 Å². The van der Waals surface area contributed by atoms with Crippen molar-refractivity contribution in [3.05, 3.63) is 22.4 Å². The second kappa shape index (κ2) is 14.0. The lowest BCUT2D eigenvalue weighted by Crippen LogP contribution is -2.39. The molecule has 1 aromatic rings. The van der Waals surface area contributed by atoms with Crippen LogP contribution in [0.1, 0.15) is 45.1 Å². The van der Waals surface area contributed by atoms with E-state index in [1.165, 1.54) is 24.9 Å². The fourth-order valence-corrected chi connectivity index (χ4v) is 3.13. The third-order valence-corrected chi connectivity index (χ3v) is 4.70. The lowest BCUT2D eigenvalue weighted by atomic mass is 10.1. The van der Waals surface area contributed by atoms with Crippen molar-refractivity contribution in [1.82, 2.24) is 15.5 Å². The lowest BCUT2D eigenvalue weighted by molar-refractivity contribution is 0.297. The highest BCUT2D eigenvalue weighted by Gasteiger charge is 2.06. The second-order valence-corrected chi connectivity index (χ2v) is 6.35. The molecule has 23 heavy (non-hydrogen) atoms. The van der Waals surface area contributed by atoms with Crippen molar-refractivity contribution in [3.8, 4) is 0 Å². The van der Waals surface area contributed by atoms with E-state index in [1.807, 2.05) is 7.05 Å². The van der Waals surface area contributed by atoms with Gasteiger partial charge in [0.2, 0.25) is 0 Å². The Morgan fingerprint density at radius 2 is 2.00 bits per heavy atom. The Hall–Kier alpha value is -0.340. The average Bonchev–Trinajstić information content (AvgIpc) is 3.08. The largest absolute Gasteiger partial charge is 0.356 e. The van der Waals surface area contributed by atoms with Crippen LogP contribution in [0, 0.1) is 0 Å². The minimum absolute atomic E-state index is 0. The predicted molar refractivity (Wildman–Crippen MR) is 115 cm³/mol. The molecule has 0 aliphatic rings. The highest BCUT2D eigenvalue weighted by atomic mass is 127. The minimum atomic E-state index is 0. The van der Waals surface area contributed by atoms with Gasteiger partial charge in [0.25, 0.3) is 0 Å². The van der Waals surface area contributed by atoms with Crippen molar-refractivity contribution in [2.24, 2.45) is 4.99 Å². The quantitative estimate of drug-likeness (QED) is 0.246. The maximum atomic E-state index is 4.29. The normalized spacial score (nSPS) is 12.8. The summed E-state index contributed by atoms with van der Waals surface area (Å²) in [5.74, 6) is 1.41. The molecule has 0 aliphatic heterocycles. The summed E-state index contributed by atoms with van der Waals surface area (Å²) in [6, 6.07) is 2.19. The van der Waals surface area contributed by atoms with Gasteiger partial charge in [-0.1, -0.05) is 20.8 Å². The predicted octanol–water partition coefficient (Wildman–Crippen LogP) is 3.76. The van der Waals surface area contributed by atoms with Crippen LogP contribution < -0.4 is 10.6 Å². The fourth-order valence-electron chi connectivity index (χ4n) is 2.35. The third kappa shape index (κ3) is 9.52. The summed E-state index contributed by atoms with van der Waals surface area (Å²) < 4.78 is 0. The number of halogens is 1. The van der Waals surface area contributed by atoms with E-state index in [0.717, 1.165) is 32.1 Å². The van der Waals surface area contributed by atoms with E-state index in [4.69, 9.17) is 0 Å². The fraction of sp³-hybridized carbons (Fsp3) is 0.706. The van der Waals surface area contributed by atoms with Gasteiger partial charge in [-0.3, -0.25) is 4.99 Å². The highest BCUT2D eigenvalue weighted by Crippen LogP contribution is 2.16. The summed E-state index contributed by atoms with van der Waals surface area (Å²) in [4.78, 5) is 6.76. The molecule has 2 N–H and O–H groups in total. The van der Waals surface area contributed by atoms with E-state index in [-0.39, 0.29) is 24.0 Å². The molecule has 0 amide bonds. The molecule has 134 valence electrons. The van der Waals surface area contributed by atoms with Crippen LogP contribution in [0.15, 0.2) is 21.8 Å². The summed E-state index contributed by atoms with van der Waals surface area (Å²) in [6.45, 7) is 12.1. The van der Waals surface area contributed by atoms with Gasteiger partial charge in [0.05, 0.1) is 0 Å². The van der Waals surface area contributed by atoms with Crippen LogP contribution in [0.5, 0.6) is 0 Å². The van der Waals surface area contributed by atoms with Crippen LogP contribution in [-0.4, -0.2) is 50.6 Å². The Kier molecular flexibility index (Phi) is 13.8. The Labute approximate surface area is 163 Å². The van der Waals surface area contributed by atoms with E-state index in [0.29, 0.717) is 5.92 Å². The smallest absolute Gasteiger partial charge is 0.190 e. The molecule has 0 fully saturated rings. The van der Waals surface area contributed by atoms with Gasteiger partial charge in [-0.2, -0.15) is 11.3 Å². The molecule has 6 heteroatoms. The number of rotatable bonds is 10. The first kappa shape index (κ1) is 22.7. The Morgan fingerprint density at radius 1 is 1.26 bits per heavy atom. The molecule has 1 atom stereocenters. The lowest BCUT2D eigenvalue weighted by Gasteiger charge is -2.18. The van der Waals surface area contributed by atoms with Gasteiger partial charge in [-0.15, -0.1) is 24.0 Å². The molecule has 0 radical (unpaired) electrons. The zero-order chi connectivity index (χ0) is 16.2. The highest BCUT2D eigenvalue weighted by molar-refractivity contribution is 14.0. The number of nitrogens with zero attached hydrogens (tertiary/aromatic N) is 2. The number of nitrogens with one attached hydrogen (secondary N) is 2. The van der Waals surface area contributed by atoms with Gasteiger partial charge in [0.15, 0.2) is 5.96 Å². The Bertz CT molecular complexity index is 405. The molecule has 0 bridgehead atoms. The summed E-state index contributed by atoms with van der Waals surface area (Å²) in [5.41, 5.74) is 1.40. The van der Waals surface area contributed by atoms with Crippen LogP contribution in [0.4, 0.5) is 0 Å². The number of thiophene rings is 1. The van der Waals surface area contributed by atoms with Crippen molar-refractivity contribution < 1.29 is 0 Å². The topological polar surface area (TPSA) is 39.7 Å². The molecular formula is C17H33IN4S. The molecule has 0 aliphatic carbocycles. The van der Waals surface area contributed by atoms with Crippen LogP contribution in [0.25, 0.3) is 0 Å². The van der Waals surface area contributed by atoms with Gasteiger partial charge in [-0.25, -0.2) is 0 Å². The standard InChI is InChI=1S/C17H32N4S.HI/c1-5-21(6-2)11-8-7-10-19-17(18-4)20-13-15(3)16-9-12-22-14-16;/h9,12,14-15H,5-8,10-11,13H2,1-4H3,(H2,18,19,20);1H. The molecule has 0 spiro atoms. The number of hydrogen-bond donors (Lipinski definition) is 2. The van der Waals surface area contributed by atoms with E-state index in [1.54, 1.807) is 11.3 Å². The molecule has 1 heterocycles. The summed E-state index contributed by atoms with van der Waals surface area (Å²) in [5, 5.41) is 11.2. The van der Waals surface area contributed by atoms with Gasteiger partial charge in [0.1, 0.15) is 0 Å². The summed E-state index contributed by atoms with van der Waals surface area (Å²) in [7, 11) is 1.83. The molecule has 1 rings (SSSR count). The number of unbranched alkanes of at least 4 members (excludes halogenated alkanes) is 1. The summed E-state index contributed by atoms with van der Waals surface area (Å²) in [6.07, 6.45) is 2.41. The van der Waals surface area contributed by atoms with Gasteiger partial charge >= 0.3 is 0 Å². The van der Waals surface area contributed by atoms with Crippen LogP contribution in [0.3, 0.4) is 0 Å². The van der Waals surface area contributed by atoms with Crippen molar-refractivity contribution in [1.29, 1.82) is 0 Å². The SMILES string of the molecule is CCN(CC)CCCCNC(=NC)NCC(C)c1ccsc1.I. The Morgan fingerprint density at radius 3 is 2.57 bits per heavy atom. The van der Waals surface area contributed by atoms with Crippen LogP contribution in [0.2, 0.25) is 0 Å². The first-order valence-electron chi connectivity index (χ1n) is 8.40. The zero-order valence-electron chi connectivity index (χ0n) is 15.0. The second-order valence-electron chi connectivity index (χ2n) is 5.57. The molecule has 0 aromatic carbocycles. The van der Waals surface area contributed by atoms with Crippen molar-refractivity contribution in [2.75, 3.05) is 39.8 Å². The van der Waals surface area contributed by atoms with Gasteiger partial charge < -0.3 is 15.5 Å². The first-order chi connectivity index (χ1) is 10.7. The van der Waals surface area contributed by atoms with Crippen molar-refractivity contribution >= 4 is 41.3 Å². The minimum Gasteiger partial charge on any atom is -0.356 e. The molecule has 0 saturated heterocycles. The maximum Gasteiger partial charge on any atom is 0.190 e. The monoisotopic (exact) mass is 452 g/mol.